The monoisotopic (exact) mass is 552 g/mol. The van der Waals surface area contributed by atoms with E-state index in [1.807, 2.05) is 79.7 Å². The lowest BCUT2D eigenvalue weighted by Crippen LogP contribution is -2.33. The van der Waals surface area contributed by atoms with Gasteiger partial charge in [-0.3, -0.25) is 24.1 Å². The van der Waals surface area contributed by atoms with Gasteiger partial charge in [0.2, 0.25) is 0 Å². The van der Waals surface area contributed by atoms with Crippen molar-refractivity contribution in [2.24, 2.45) is 0 Å². The summed E-state index contributed by atoms with van der Waals surface area (Å²) in [6.07, 6.45) is 6.54. The average molecular weight is 553 g/mol. The highest BCUT2D eigenvalue weighted by Crippen LogP contribution is 2.25. The Balaban J connectivity index is 0.00000353. The third-order valence-corrected chi connectivity index (χ3v) is 6.80. The van der Waals surface area contributed by atoms with Crippen LogP contribution in [-0.2, 0) is 0 Å². The number of carbonyl (C=O) groups is 1. The molecule has 42 heavy (non-hydrogen) atoms. The topological polar surface area (TPSA) is 116 Å². The fourth-order valence-electron chi connectivity index (χ4n) is 4.85. The minimum atomic E-state index is -0.579. The van der Waals surface area contributed by atoms with Crippen LogP contribution < -0.4 is 16.6 Å². The molecule has 0 saturated heterocycles. The van der Waals surface area contributed by atoms with Gasteiger partial charge < -0.3 is 11.1 Å². The highest BCUT2D eigenvalue weighted by molar-refractivity contribution is 6.09. The number of aromatic nitrogens is 4. The summed E-state index contributed by atoms with van der Waals surface area (Å²) >= 11 is 0. The molecule has 0 aliphatic carbocycles. The largest absolute Gasteiger partial charge is 0.383 e. The molecule has 1 amide bonds. The summed E-state index contributed by atoms with van der Waals surface area (Å²) in [6, 6.07) is 23.5. The fourth-order valence-corrected chi connectivity index (χ4v) is 4.85. The highest BCUT2D eigenvalue weighted by Gasteiger charge is 2.22. The van der Waals surface area contributed by atoms with Crippen LogP contribution in [0.4, 0.5) is 5.82 Å². The van der Waals surface area contributed by atoms with Gasteiger partial charge in [0.05, 0.1) is 16.9 Å². The number of fused-ring (bicyclic) bond motifs is 2. The number of rotatable bonds is 4. The van der Waals surface area contributed by atoms with Gasteiger partial charge in [-0.1, -0.05) is 49.6 Å². The van der Waals surface area contributed by atoms with Gasteiger partial charge in [-0.15, -0.1) is 0 Å². The number of amides is 1. The lowest BCUT2D eigenvalue weighted by Gasteiger charge is -2.21. The molecule has 2 aromatic carbocycles. The van der Waals surface area contributed by atoms with Gasteiger partial charge in [0.25, 0.3) is 11.5 Å². The zero-order valence-corrected chi connectivity index (χ0v) is 22.1. The zero-order chi connectivity index (χ0) is 28.3. The molecule has 8 nitrogen and oxygen atoms in total. The summed E-state index contributed by atoms with van der Waals surface area (Å²) in [4.78, 5) is 40.3. The summed E-state index contributed by atoms with van der Waals surface area (Å²) in [5.41, 5.74) is 9.21. The van der Waals surface area contributed by atoms with Crippen LogP contribution in [0.5, 0.6) is 0 Å². The number of carbonyl (C=O) groups excluding carboxylic acids is 1. The second kappa shape index (κ2) is 11.7. The average Bonchev–Trinajstić information content (AvgIpc) is 3.00. The first-order valence-electron chi connectivity index (χ1n) is 13.0. The van der Waals surface area contributed by atoms with E-state index in [1.165, 1.54) is 0 Å². The maximum Gasteiger partial charge on any atom is 0.264 e. The van der Waals surface area contributed by atoms with E-state index in [1.54, 1.807) is 35.4 Å². The van der Waals surface area contributed by atoms with Crippen LogP contribution in [0.3, 0.4) is 0 Å². The Hall–Kier alpha value is -5.81. The van der Waals surface area contributed by atoms with Crippen LogP contribution in [0.15, 0.2) is 108 Å². The van der Waals surface area contributed by atoms with Gasteiger partial charge in [-0.2, -0.15) is 0 Å². The van der Waals surface area contributed by atoms with E-state index in [2.05, 4.69) is 32.1 Å². The van der Waals surface area contributed by atoms with E-state index in [4.69, 9.17) is 5.73 Å². The minimum Gasteiger partial charge on any atom is -0.383 e. The number of hydrogen-bond donors (Lipinski definition) is 2. The third-order valence-electron chi connectivity index (χ3n) is 6.80. The predicted octanol–water partition coefficient (Wildman–Crippen LogP) is 5.44. The van der Waals surface area contributed by atoms with E-state index in [0.717, 1.165) is 5.56 Å². The zero-order valence-electron chi connectivity index (χ0n) is 22.1. The summed E-state index contributed by atoms with van der Waals surface area (Å²) < 4.78 is 1.62. The Morgan fingerprint density at radius 1 is 0.905 bits per heavy atom. The highest BCUT2D eigenvalue weighted by atomic mass is 16.2. The Morgan fingerprint density at radius 3 is 2.45 bits per heavy atom. The van der Waals surface area contributed by atoms with Gasteiger partial charge >= 0.3 is 0 Å². The normalized spacial score (nSPS) is 11.3. The van der Waals surface area contributed by atoms with Gasteiger partial charge in [-0.25, -0.2) is 4.98 Å². The molecule has 0 unspecified atom stereocenters. The lowest BCUT2D eigenvalue weighted by atomic mass is 10.0. The molecule has 8 heteroatoms. The van der Waals surface area contributed by atoms with Gasteiger partial charge in [0.15, 0.2) is 0 Å². The van der Waals surface area contributed by atoms with Crippen molar-refractivity contribution in [1.29, 1.82) is 0 Å². The quantitative estimate of drug-likeness (QED) is 0.282. The van der Waals surface area contributed by atoms with E-state index in [-0.39, 0.29) is 24.4 Å². The minimum absolute atomic E-state index is 0. The molecule has 0 saturated carbocycles. The number of pyridine rings is 4. The van der Waals surface area contributed by atoms with E-state index >= 15 is 0 Å². The first-order chi connectivity index (χ1) is 20.0. The van der Waals surface area contributed by atoms with E-state index in [0.29, 0.717) is 38.6 Å². The molecule has 0 aliphatic rings. The molecule has 0 aliphatic heterocycles. The molecule has 0 spiro atoms. The standard InChI is InChI=1S/C33H24N6O2.CH4/c1-21(38-32(40)29-30-25(9-6-16-36-30)20-37-31(29)34)27-19-24-8-5-7-23(13-12-22-14-17-35-18-15-22)28(24)33(41)39(27)26-10-3-2-4-11-26;/h2-11,14-21H,1H3,(H2,34,37)(H,38,40);1H4/t21-;/m0./s1. The van der Waals surface area contributed by atoms with Crippen molar-refractivity contribution < 1.29 is 4.79 Å². The van der Waals surface area contributed by atoms with Crippen LogP contribution in [0.1, 0.15) is 47.6 Å². The van der Waals surface area contributed by atoms with Crippen molar-refractivity contribution in [2.45, 2.75) is 20.4 Å². The third kappa shape index (κ3) is 5.19. The molecule has 6 aromatic rings. The molecule has 0 bridgehead atoms. The SMILES string of the molecule is C.C[C@H](NC(=O)c1c(N)ncc2cccnc12)c1cc2cccc(C#Cc3ccncc3)c2c(=O)n1-c1ccccc1. The molecule has 4 aromatic heterocycles. The molecule has 6 rings (SSSR count). The van der Waals surface area contributed by atoms with Crippen LogP contribution >= 0.6 is 0 Å². The summed E-state index contributed by atoms with van der Waals surface area (Å²) in [6.45, 7) is 1.83. The number of hydrogen-bond acceptors (Lipinski definition) is 6. The van der Waals surface area contributed by atoms with Crippen molar-refractivity contribution in [3.05, 3.63) is 136 Å². The maximum absolute atomic E-state index is 14.2. The predicted molar refractivity (Wildman–Crippen MR) is 166 cm³/mol. The molecule has 3 N–H and O–H groups in total. The second-order valence-corrected chi connectivity index (χ2v) is 9.46. The smallest absolute Gasteiger partial charge is 0.264 e. The van der Waals surface area contributed by atoms with Gasteiger partial charge in [-0.05, 0) is 60.8 Å². The Kier molecular flexibility index (Phi) is 7.76. The Bertz CT molecular complexity index is 2040. The number of anilines is 1. The number of nitrogens with two attached hydrogens (primary N) is 1. The fraction of sp³-hybridized carbons (Fsp3) is 0.0882. The van der Waals surface area contributed by atoms with Crippen LogP contribution in [0.2, 0.25) is 0 Å². The molecule has 0 radical (unpaired) electrons. The van der Waals surface area contributed by atoms with Crippen LogP contribution in [0, 0.1) is 11.8 Å². The lowest BCUT2D eigenvalue weighted by molar-refractivity contribution is 0.0941. The molecule has 206 valence electrons. The van der Waals surface area contributed by atoms with Crippen molar-refractivity contribution in [3.8, 4) is 17.5 Å². The van der Waals surface area contributed by atoms with E-state index in [9.17, 15) is 9.59 Å². The summed E-state index contributed by atoms with van der Waals surface area (Å²) in [7, 11) is 0. The Morgan fingerprint density at radius 2 is 1.67 bits per heavy atom. The van der Waals surface area contributed by atoms with Crippen molar-refractivity contribution >= 4 is 33.4 Å². The van der Waals surface area contributed by atoms with Crippen LogP contribution in [0.25, 0.3) is 27.4 Å². The second-order valence-electron chi connectivity index (χ2n) is 9.46. The van der Waals surface area contributed by atoms with Crippen molar-refractivity contribution in [1.82, 2.24) is 24.8 Å². The molecule has 4 heterocycles. The molecule has 1 atom stereocenters. The molecular formula is C34H28N6O2. The Labute approximate surface area is 242 Å². The van der Waals surface area contributed by atoms with Crippen molar-refractivity contribution in [3.63, 3.8) is 0 Å². The van der Waals surface area contributed by atoms with Gasteiger partial charge in [0.1, 0.15) is 11.4 Å². The van der Waals surface area contributed by atoms with Crippen molar-refractivity contribution in [2.75, 3.05) is 5.73 Å². The molecular weight excluding hydrogens is 524 g/mol. The summed E-state index contributed by atoms with van der Waals surface area (Å²) in [5.74, 6) is 5.93. The maximum atomic E-state index is 14.2. The first-order valence-corrected chi connectivity index (χ1v) is 13.0. The number of nitrogen functional groups attached to an aromatic ring is 1. The number of nitrogens with one attached hydrogen (secondary N) is 1. The number of para-hydroxylation sites is 1. The summed E-state index contributed by atoms with van der Waals surface area (Å²) in [5, 5.41) is 4.93. The first kappa shape index (κ1) is 27.7. The van der Waals surface area contributed by atoms with Crippen LogP contribution in [-0.4, -0.2) is 25.4 Å². The number of benzene rings is 2. The van der Waals surface area contributed by atoms with E-state index < -0.39 is 11.9 Å². The number of nitrogens with zero attached hydrogens (tertiary/aromatic N) is 4. The van der Waals surface area contributed by atoms with Gasteiger partial charge in [0, 0.05) is 52.7 Å². The molecule has 0 fully saturated rings.